The topological polar surface area (TPSA) is 52.6 Å². The predicted molar refractivity (Wildman–Crippen MR) is 108 cm³/mol. The van der Waals surface area contributed by atoms with E-state index in [1.165, 1.54) is 4.88 Å². The average Bonchev–Trinajstić information content (AvgIpc) is 2.98. The van der Waals surface area contributed by atoms with Gasteiger partial charge in [-0.05, 0) is 32.5 Å². The van der Waals surface area contributed by atoms with Gasteiger partial charge < -0.3 is 15.5 Å². The van der Waals surface area contributed by atoms with Gasteiger partial charge in [0.25, 0.3) is 0 Å². The summed E-state index contributed by atoms with van der Waals surface area (Å²) < 4.78 is 0. The zero-order chi connectivity index (χ0) is 15.5. The first-order chi connectivity index (χ1) is 10.2. The Morgan fingerprint density at radius 1 is 1.27 bits per heavy atom. The minimum atomic E-state index is 0. The largest absolute Gasteiger partial charge is 0.356 e. The number of aryl methyl sites for hydroxylation is 1. The highest BCUT2D eigenvalue weighted by molar-refractivity contribution is 14.0. The Morgan fingerprint density at radius 2 is 2.00 bits per heavy atom. The van der Waals surface area contributed by atoms with E-state index in [0.717, 1.165) is 56.5 Å². The zero-order valence-electron chi connectivity index (χ0n) is 14.2. The van der Waals surface area contributed by atoms with Crippen LogP contribution in [0.15, 0.2) is 11.2 Å². The first-order valence-electron chi connectivity index (χ1n) is 7.83. The first-order valence-corrected chi connectivity index (χ1v) is 8.65. The van der Waals surface area contributed by atoms with Crippen LogP contribution >= 0.6 is 35.3 Å². The SMILES string of the molecule is CCc1cnc(CNC(=NC)NCCCN(CC)CC)s1.I. The van der Waals surface area contributed by atoms with Gasteiger partial charge in [0.05, 0.1) is 6.54 Å². The van der Waals surface area contributed by atoms with Crippen molar-refractivity contribution < 1.29 is 0 Å². The molecule has 0 bridgehead atoms. The quantitative estimate of drug-likeness (QED) is 0.269. The molecule has 0 aliphatic heterocycles. The van der Waals surface area contributed by atoms with Crippen molar-refractivity contribution in [2.24, 2.45) is 4.99 Å². The van der Waals surface area contributed by atoms with E-state index in [9.17, 15) is 0 Å². The molecule has 0 radical (unpaired) electrons. The van der Waals surface area contributed by atoms with Crippen molar-refractivity contribution in [3.8, 4) is 0 Å². The third kappa shape index (κ3) is 8.28. The molecule has 22 heavy (non-hydrogen) atoms. The smallest absolute Gasteiger partial charge is 0.191 e. The number of halogens is 1. The number of rotatable bonds is 9. The highest BCUT2D eigenvalue weighted by Gasteiger charge is 2.03. The van der Waals surface area contributed by atoms with Crippen molar-refractivity contribution in [3.63, 3.8) is 0 Å². The number of guanidine groups is 1. The van der Waals surface area contributed by atoms with Crippen molar-refractivity contribution in [1.29, 1.82) is 0 Å². The molecule has 0 saturated heterocycles. The van der Waals surface area contributed by atoms with Crippen molar-refractivity contribution in [1.82, 2.24) is 20.5 Å². The summed E-state index contributed by atoms with van der Waals surface area (Å²) in [5, 5.41) is 7.77. The van der Waals surface area contributed by atoms with E-state index in [2.05, 4.69) is 46.3 Å². The highest BCUT2D eigenvalue weighted by Crippen LogP contribution is 2.12. The Morgan fingerprint density at radius 3 is 2.55 bits per heavy atom. The number of aliphatic imine (C=N–C) groups is 1. The molecule has 0 fully saturated rings. The molecule has 2 N–H and O–H groups in total. The summed E-state index contributed by atoms with van der Waals surface area (Å²) in [4.78, 5) is 12.4. The summed E-state index contributed by atoms with van der Waals surface area (Å²) >= 11 is 1.76. The van der Waals surface area contributed by atoms with Crippen molar-refractivity contribution in [3.05, 3.63) is 16.1 Å². The van der Waals surface area contributed by atoms with E-state index in [0.29, 0.717) is 0 Å². The first kappa shape index (κ1) is 21.6. The molecule has 0 spiro atoms. The van der Waals surface area contributed by atoms with Crippen LogP contribution in [0.5, 0.6) is 0 Å². The van der Waals surface area contributed by atoms with Crippen LogP contribution in [0.2, 0.25) is 0 Å². The van der Waals surface area contributed by atoms with E-state index in [1.807, 2.05) is 6.20 Å². The molecular formula is C15H30IN5S. The normalized spacial score (nSPS) is 11.4. The second-order valence-electron chi connectivity index (χ2n) is 4.81. The molecule has 1 aromatic heterocycles. The fourth-order valence-corrected chi connectivity index (χ4v) is 2.82. The van der Waals surface area contributed by atoms with Gasteiger partial charge in [-0.3, -0.25) is 4.99 Å². The maximum atomic E-state index is 4.40. The Hall–Kier alpha value is -0.410. The van der Waals surface area contributed by atoms with Crippen molar-refractivity contribution >= 4 is 41.3 Å². The van der Waals surface area contributed by atoms with Crippen LogP contribution in [0.3, 0.4) is 0 Å². The number of nitrogens with one attached hydrogen (secondary N) is 2. The van der Waals surface area contributed by atoms with E-state index < -0.39 is 0 Å². The maximum Gasteiger partial charge on any atom is 0.191 e. The summed E-state index contributed by atoms with van der Waals surface area (Å²) in [6, 6.07) is 0. The molecule has 0 aromatic carbocycles. The molecule has 1 aromatic rings. The van der Waals surface area contributed by atoms with Crippen LogP contribution < -0.4 is 10.6 Å². The van der Waals surface area contributed by atoms with Crippen LogP contribution in [-0.2, 0) is 13.0 Å². The molecule has 5 nitrogen and oxygen atoms in total. The monoisotopic (exact) mass is 439 g/mol. The molecule has 1 heterocycles. The predicted octanol–water partition coefficient (Wildman–Crippen LogP) is 2.72. The Bertz CT molecular complexity index is 418. The number of hydrogen-bond acceptors (Lipinski definition) is 4. The summed E-state index contributed by atoms with van der Waals surface area (Å²) in [5.74, 6) is 0.850. The maximum absolute atomic E-state index is 4.40. The van der Waals surface area contributed by atoms with Gasteiger partial charge >= 0.3 is 0 Å². The second-order valence-corrected chi connectivity index (χ2v) is 6.01. The molecule has 0 aliphatic rings. The van der Waals surface area contributed by atoms with E-state index in [4.69, 9.17) is 0 Å². The van der Waals surface area contributed by atoms with Gasteiger partial charge in [0, 0.05) is 24.7 Å². The Kier molecular flexibility index (Phi) is 12.8. The lowest BCUT2D eigenvalue weighted by Gasteiger charge is -2.18. The van der Waals surface area contributed by atoms with Crippen LogP contribution in [0.4, 0.5) is 0 Å². The summed E-state index contributed by atoms with van der Waals surface area (Å²) in [7, 11) is 1.80. The third-order valence-electron chi connectivity index (χ3n) is 3.42. The molecule has 128 valence electrons. The zero-order valence-corrected chi connectivity index (χ0v) is 17.3. The fraction of sp³-hybridized carbons (Fsp3) is 0.733. The van der Waals surface area contributed by atoms with Gasteiger partial charge in [-0.15, -0.1) is 35.3 Å². The third-order valence-corrected chi connectivity index (χ3v) is 4.56. The fourth-order valence-electron chi connectivity index (χ4n) is 2.02. The summed E-state index contributed by atoms with van der Waals surface area (Å²) in [6.07, 6.45) is 4.14. The van der Waals surface area contributed by atoms with Gasteiger partial charge in [-0.1, -0.05) is 20.8 Å². The second kappa shape index (κ2) is 13.1. The van der Waals surface area contributed by atoms with Crippen molar-refractivity contribution in [2.75, 3.05) is 33.2 Å². The summed E-state index contributed by atoms with van der Waals surface area (Å²) in [5.41, 5.74) is 0. The van der Waals surface area contributed by atoms with Gasteiger partial charge in [-0.2, -0.15) is 0 Å². The number of aromatic nitrogens is 1. The Labute approximate surface area is 156 Å². The molecule has 0 saturated carbocycles. The molecular weight excluding hydrogens is 409 g/mol. The van der Waals surface area contributed by atoms with E-state index >= 15 is 0 Å². The number of thiazole rings is 1. The van der Waals surface area contributed by atoms with Gasteiger partial charge in [0.15, 0.2) is 5.96 Å². The van der Waals surface area contributed by atoms with Crippen LogP contribution in [0.25, 0.3) is 0 Å². The summed E-state index contributed by atoms with van der Waals surface area (Å²) in [6.45, 7) is 11.6. The standard InChI is InChI=1S/C15H29N5S.HI/c1-5-13-11-18-14(21-13)12-19-15(16-4)17-9-8-10-20(6-2)7-3;/h11H,5-10,12H2,1-4H3,(H2,16,17,19);1H. The minimum absolute atomic E-state index is 0. The number of hydrogen-bond donors (Lipinski definition) is 2. The molecule has 0 atom stereocenters. The van der Waals surface area contributed by atoms with Gasteiger partial charge in [0.1, 0.15) is 5.01 Å². The molecule has 0 aliphatic carbocycles. The Balaban J connectivity index is 0.00000441. The van der Waals surface area contributed by atoms with Crippen LogP contribution in [0, 0.1) is 0 Å². The highest BCUT2D eigenvalue weighted by atomic mass is 127. The van der Waals surface area contributed by atoms with Gasteiger partial charge in [-0.25, -0.2) is 4.98 Å². The van der Waals surface area contributed by atoms with Gasteiger partial charge in [0.2, 0.25) is 0 Å². The molecule has 0 amide bonds. The lowest BCUT2D eigenvalue weighted by Crippen LogP contribution is -2.38. The molecule has 1 rings (SSSR count). The van der Waals surface area contributed by atoms with E-state index in [-0.39, 0.29) is 24.0 Å². The van der Waals surface area contributed by atoms with Crippen LogP contribution in [-0.4, -0.2) is 49.1 Å². The lowest BCUT2D eigenvalue weighted by molar-refractivity contribution is 0.300. The van der Waals surface area contributed by atoms with Crippen LogP contribution in [0.1, 0.15) is 37.1 Å². The van der Waals surface area contributed by atoms with E-state index in [1.54, 1.807) is 18.4 Å². The lowest BCUT2D eigenvalue weighted by atomic mass is 10.3. The number of nitrogens with zero attached hydrogens (tertiary/aromatic N) is 3. The average molecular weight is 439 g/mol. The van der Waals surface area contributed by atoms with Crippen molar-refractivity contribution in [2.45, 2.75) is 40.2 Å². The molecule has 7 heteroatoms. The molecule has 0 unspecified atom stereocenters. The minimum Gasteiger partial charge on any atom is -0.356 e.